The van der Waals surface area contributed by atoms with Crippen molar-refractivity contribution in [3.05, 3.63) is 48.0 Å². The molecule has 4 nitrogen and oxygen atoms in total. The number of benzene rings is 1. The lowest BCUT2D eigenvalue weighted by Gasteiger charge is -2.16. The van der Waals surface area contributed by atoms with Crippen molar-refractivity contribution in [2.75, 3.05) is 0 Å². The Morgan fingerprint density at radius 1 is 1.32 bits per heavy atom. The van der Waals surface area contributed by atoms with Crippen LogP contribution in [-0.2, 0) is 19.5 Å². The summed E-state index contributed by atoms with van der Waals surface area (Å²) in [6, 6.07) is 7.67. The number of nitrogens with zero attached hydrogens (tertiary/aromatic N) is 2. The first-order valence-corrected chi connectivity index (χ1v) is 6.70. The van der Waals surface area contributed by atoms with Crippen molar-refractivity contribution in [2.24, 2.45) is 0 Å². The number of imidazole rings is 1. The highest BCUT2D eigenvalue weighted by Gasteiger charge is 2.06. The molecule has 0 amide bonds. The third-order valence-corrected chi connectivity index (χ3v) is 3.18. The second kappa shape index (κ2) is 6.38. The van der Waals surface area contributed by atoms with Gasteiger partial charge in [-0.3, -0.25) is 0 Å². The van der Waals surface area contributed by atoms with Gasteiger partial charge >= 0.3 is 0 Å². The maximum Gasteiger partial charge on any atom is 0.115 e. The number of phenols is 1. The molecule has 0 spiro atoms. The molecule has 0 aliphatic carbocycles. The summed E-state index contributed by atoms with van der Waals surface area (Å²) in [4.78, 5) is 4.32. The fourth-order valence-corrected chi connectivity index (χ4v) is 2.09. The molecular weight excluding hydrogens is 238 g/mol. The fourth-order valence-electron chi connectivity index (χ4n) is 2.09. The number of phenolic OH excluding ortho intramolecular Hbond substituents is 1. The molecule has 2 aromatic rings. The average molecular weight is 259 g/mol. The number of hydrogen-bond acceptors (Lipinski definition) is 3. The number of aromatic hydroxyl groups is 1. The largest absolute Gasteiger partial charge is 0.508 e. The molecule has 1 heterocycles. The van der Waals surface area contributed by atoms with Gasteiger partial charge in [0.2, 0.25) is 0 Å². The molecule has 1 aromatic heterocycles. The SMILES string of the molecule is CCc1nccn1CC(C)NCc1ccc(O)cc1. The number of nitrogens with one attached hydrogen (secondary N) is 1. The number of rotatable bonds is 6. The first kappa shape index (κ1) is 13.6. The molecule has 19 heavy (non-hydrogen) atoms. The Kier molecular flexibility index (Phi) is 4.58. The molecule has 0 saturated carbocycles. The quantitative estimate of drug-likeness (QED) is 0.837. The van der Waals surface area contributed by atoms with E-state index in [4.69, 9.17) is 0 Å². The van der Waals surface area contributed by atoms with Gasteiger partial charge in [-0.2, -0.15) is 0 Å². The lowest BCUT2D eigenvalue weighted by atomic mass is 10.2. The Hall–Kier alpha value is -1.81. The highest BCUT2D eigenvalue weighted by molar-refractivity contribution is 5.25. The van der Waals surface area contributed by atoms with E-state index < -0.39 is 0 Å². The molecule has 2 rings (SSSR count). The minimum atomic E-state index is 0.308. The molecule has 1 unspecified atom stereocenters. The van der Waals surface area contributed by atoms with E-state index in [0.717, 1.165) is 25.3 Å². The van der Waals surface area contributed by atoms with E-state index in [-0.39, 0.29) is 0 Å². The predicted molar refractivity (Wildman–Crippen MR) is 76.0 cm³/mol. The van der Waals surface area contributed by atoms with Crippen molar-refractivity contribution < 1.29 is 5.11 Å². The zero-order chi connectivity index (χ0) is 13.7. The van der Waals surface area contributed by atoms with Crippen LogP contribution in [0, 0.1) is 0 Å². The molecule has 0 aliphatic rings. The number of hydrogen-bond donors (Lipinski definition) is 2. The molecule has 102 valence electrons. The summed E-state index contributed by atoms with van der Waals surface area (Å²) in [5.74, 6) is 1.43. The number of aromatic nitrogens is 2. The first-order chi connectivity index (χ1) is 9.19. The third-order valence-electron chi connectivity index (χ3n) is 3.18. The fraction of sp³-hybridized carbons (Fsp3) is 0.400. The van der Waals surface area contributed by atoms with E-state index in [1.54, 1.807) is 12.1 Å². The van der Waals surface area contributed by atoms with Crippen LogP contribution in [0.4, 0.5) is 0 Å². The smallest absolute Gasteiger partial charge is 0.115 e. The van der Waals surface area contributed by atoms with Crippen LogP contribution in [0.2, 0.25) is 0 Å². The van der Waals surface area contributed by atoms with Crippen LogP contribution in [0.25, 0.3) is 0 Å². The van der Waals surface area contributed by atoms with Crippen molar-refractivity contribution in [1.29, 1.82) is 0 Å². The molecule has 0 radical (unpaired) electrons. The van der Waals surface area contributed by atoms with Crippen molar-refractivity contribution in [1.82, 2.24) is 14.9 Å². The van der Waals surface area contributed by atoms with Crippen molar-refractivity contribution in [3.63, 3.8) is 0 Å². The zero-order valence-electron chi connectivity index (χ0n) is 11.5. The average Bonchev–Trinajstić information content (AvgIpc) is 2.85. The predicted octanol–water partition coefficient (Wildman–Crippen LogP) is 2.33. The summed E-state index contributed by atoms with van der Waals surface area (Å²) in [6.45, 7) is 6.01. The van der Waals surface area contributed by atoms with Gasteiger partial charge in [0.25, 0.3) is 0 Å². The van der Waals surface area contributed by atoms with E-state index in [1.165, 1.54) is 5.56 Å². The van der Waals surface area contributed by atoms with Gasteiger partial charge in [-0.05, 0) is 24.6 Å². The Morgan fingerprint density at radius 3 is 2.74 bits per heavy atom. The van der Waals surface area contributed by atoms with Crippen molar-refractivity contribution in [3.8, 4) is 5.75 Å². The molecule has 2 N–H and O–H groups in total. The van der Waals surface area contributed by atoms with Crippen LogP contribution in [0.1, 0.15) is 25.2 Å². The highest BCUT2D eigenvalue weighted by Crippen LogP contribution is 2.09. The lowest BCUT2D eigenvalue weighted by molar-refractivity contribution is 0.465. The maximum atomic E-state index is 9.23. The van der Waals surface area contributed by atoms with Gasteiger partial charge in [0.15, 0.2) is 0 Å². The second-order valence-electron chi connectivity index (χ2n) is 4.80. The minimum Gasteiger partial charge on any atom is -0.508 e. The topological polar surface area (TPSA) is 50.1 Å². The zero-order valence-corrected chi connectivity index (χ0v) is 11.5. The molecule has 4 heteroatoms. The van der Waals surface area contributed by atoms with Crippen LogP contribution in [0.5, 0.6) is 5.75 Å². The monoisotopic (exact) mass is 259 g/mol. The van der Waals surface area contributed by atoms with E-state index in [9.17, 15) is 5.11 Å². The van der Waals surface area contributed by atoms with Gasteiger partial charge in [0.05, 0.1) is 0 Å². The van der Waals surface area contributed by atoms with E-state index in [2.05, 4.69) is 28.7 Å². The van der Waals surface area contributed by atoms with Gasteiger partial charge in [-0.1, -0.05) is 19.1 Å². The van der Waals surface area contributed by atoms with Crippen molar-refractivity contribution in [2.45, 2.75) is 39.4 Å². The summed E-state index contributed by atoms with van der Waals surface area (Å²) in [6.07, 6.45) is 4.83. The minimum absolute atomic E-state index is 0.308. The van der Waals surface area contributed by atoms with Crippen LogP contribution in [0.3, 0.4) is 0 Å². The lowest BCUT2D eigenvalue weighted by Crippen LogP contribution is -2.30. The summed E-state index contributed by atoms with van der Waals surface area (Å²) in [5.41, 5.74) is 1.17. The Labute approximate surface area is 114 Å². The third kappa shape index (κ3) is 3.83. The van der Waals surface area contributed by atoms with Gasteiger partial charge in [0.1, 0.15) is 11.6 Å². The summed E-state index contributed by atoms with van der Waals surface area (Å²) in [5, 5.41) is 12.7. The molecule has 1 aromatic carbocycles. The van der Waals surface area contributed by atoms with Crippen LogP contribution in [-0.4, -0.2) is 20.7 Å². The van der Waals surface area contributed by atoms with Crippen LogP contribution in [0.15, 0.2) is 36.7 Å². The van der Waals surface area contributed by atoms with E-state index >= 15 is 0 Å². The number of aryl methyl sites for hydroxylation is 1. The highest BCUT2D eigenvalue weighted by atomic mass is 16.3. The molecule has 1 atom stereocenters. The molecule has 0 fully saturated rings. The van der Waals surface area contributed by atoms with Crippen LogP contribution >= 0.6 is 0 Å². The molecule has 0 aliphatic heterocycles. The van der Waals surface area contributed by atoms with E-state index in [1.807, 2.05) is 24.5 Å². The van der Waals surface area contributed by atoms with E-state index in [0.29, 0.717) is 11.8 Å². The van der Waals surface area contributed by atoms with Gasteiger partial charge < -0.3 is 15.0 Å². The maximum absolute atomic E-state index is 9.23. The van der Waals surface area contributed by atoms with Gasteiger partial charge in [0, 0.05) is 37.9 Å². The van der Waals surface area contributed by atoms with Gasteiger partial charge in [-0.25, -0.2) is 4.98 Å². The van der Waals surface area contributed by atoms with Gasteiger partial charge in [-0.15, -0.1) is 0 Å². The Bertz CT molecular complexity index is 504. The summed E-state index contributed by atoms with van der Waals surface area (Å²) < 4.78 is 2.19. The molecule has 0 saturated heterocycles. The molecule has 0 bridgehead atoms. The first-order valence-electron chi connectivity index (χ1n) is 6.70. The van der Waals surface area contributed by atoms with Crippen molar-refractivity contribution >= 4 is 0 Å². The van der Waals surface area contributed by atoms with Crippen LogP contribution < -0.4 is 5.32 Å². The Morgan fingerprint density at radius 2 is 2.05 bits per heavy atom. The molecular formula is C15H21N3O. The summed E-state index contributed by atoms with van der Waals surface area (Å²) in [7, 11) is 0. The summed E-state index contributed by atoms with van der Waals surface area (Å²) >= 11 is 0. The Balaban J connectivity index is 1.84. The normalized spacial score (nSPS) is 12.5. The standard InChI is InChI=1S/C15H21N3O/c1-3-15-16-8-9-18(15)11-12(2)17-10-13-4-6-14(19)7-5-13/h4-9,12,17,19H,3,10-11H2,1-2H3. The second-order valence-corrected chi connectivity index (χ2v) is 4.80.